The molecule has 5 nitrogen and oxygen atoms in total. The van der Waals surface area contributed by atoms with Gasteiger partial charge in [-0.25, -0.2) is 9.97 Å². The van der Waals surface area contributed by atoms with Gasteiger partial charge in [0.15, 0.2) is 0 Å². The first-order valence-electron chi connectivity index (χ1n) is 9.15. The van der Waals surface area contributed by atoms with Crippen LogP contribution in [0.2, 0.25) is 0 Å². The molecule has 2 heterocycles. The predicted octanol–water partition coefficient (Wildman–Crippen LogP) is 3.82. The summed E-state index contributed by atoms with van der Waals surface area (Å²) in [6.07, 6.45) is 4.55. The Morgan fingerprint density at radius 3 is 2.64 bits per heavy atom. The topological polar surface area (TPSA) is 49.3 Å². The van der Waals surface area contributed by atoms with E-state index in [0.717, 1.165) is 38.0 Å². The summed E-state index contributed by atoms with van der Waals surface area (Å²) in [6.45, 7) is 7.86. The Bertz CT molecular complexity index is 740. The Hall–Kier alpha value is -2.43. The Kier molecular flexibility index (Phi) is 5.31. The van der Waals surface area contributed by atoms with Crippen LogP contribution in [0.3, 0.4) is 0 Å². The standard InChI is InChI=1S/C20H26N4O/c1-4-12-23(13-5-2)19(25)17-10-11-21-20(22-17)24-15(3)14-16-8-6-7-9-18(16)24/h6-11,15H,4-5,12-14H2,1-3H3. The minimum atomic E-state index is -0.00696. The third-order valence-corrected chi connectivity index (χ3v) is 4.56. The number of fused-ring (bicyclic) bond motifs is 1. The zero-order valence-corrected chi connectivity index (χ0v) is 15.3. The lowest BCUT2D eigenvalue weighted by molar-refractivity contribution is 0.0749. The summed E-state index contributed by atoms with van der Waals surface area (Å²) >= 11 is 0. The van der Waals surface area contributed by atoms with Gasteiger partial charge in [-0.15, -0.1) is 0 Å². The van der Waals surface area contributed by atoms with Crippen molar-refractivity contribution < 1.29 is 4.79 Å². The van der Waals surface area contributed by atoms with Gasteiger partial charge < -0.3 is 9.80 Å². The molecule has 132 valence electrons. The number of para-hydroxylation sites is 1. The Morgan fingerprint density at radius 2 is 1.92 bits per heavy atom. The van der Waals surface area contributed by atoms with E-state index in [-0.39, 0.29) is 11.9 Å². The SMILES string of the molecule is CCCN(CCC)C(=O)c1ccnc(N2c3ccccc3CC2C)n1. The molecular formula is C20H26N4O. The maximum atomic E-state index is 12.8. The fourth-order valence-corrected chi connectivity index (χ4v) is 3.47. The molecule has 1 unspecified atom stereocenters. The van der Waals surface area contributed by atoms with E-state index in [1.807, 2.05) is 11.0 Å². The lowest BCUT2D eigenvalue weighted by Gasteiger charge is -2.24. The van der Waals surface area contributed by atoms with E-state index in [1.54, 1.807) is 12.3 Å². The van der Waals surface area contributed by atoms with Crippen LogP contribution in [-0.4, -0.2) is 39.9 Å². The van der Waals surface area contributed by atoms with E-state index < -0.39 is 0 Å². The highest BCUT2D eigenvalue weighted by atomic mass is 16.2. The van der Waals surface area contributed by atoms with Crippen LogP contribution in [0, 0.1) is 0 Å². The molecule has 1 aliphatic heterocycles. The number of carbonyl (C=O) groups is 1. The normalized spacial score (nSPS) is 16.0. The maximum absolute atomic E-state index is 12.8. The molecule has 0 spiro atoms. The van der Waals surface area contributed by atoms with Gasteiger partial charge in [0.25, 0.3) is 5.91 Å². The van der Waals surface area contributed by atoms with Crippen molar-refractivity contribution >= 4 is 17.5 Å². The third kappa shape index (κ3) is 3.50. The molecule has 3 rings (SSSR count). The third-order valence-electron chi connectivity index (χ3n) is 4.56. The van der Waals surface area contributed by atoms with Crippen molar-refractivity contribution in [3.8, 4) is 0 Å². The van der Waals surface area contributed by atoms with Gasteiger partial charge in [0.2, 0.25) is 5.95 Å². The van der Waals surface area contributed by atoms with Gasteiger partial charge in [0.05, 0.1) is 0 Å². The van der Waals surface area contributed by atoms with E-state index >= 15 is 0 Å². The zero-order chi connectivity index (χ0) is 17.8. The van der Waals surface area contributed by atoms with Crippen LogP contribution in [-0.2, 0) is 6.42 Å². The minimum Gasteiger partial charge on any atom is -0.337 e. The summed E-state index contributed by atoms with van der Waals surface area (Å²) in [5.41, 5.74) is 2.91. The monoisotopic (exact) mass is 338 g/mol. The number of carbonyl (C=O) groups excluding carboxylic acids is 1. The molecule has 2 aromatic rings. The van der Waals surface area contributed by atoms with E-state index in [9.17, 15) is 4.79 Å². The number of hydrogen-bond donors (Lipinski definition) is 0. The first kappa shape index (κ1) is 17.4. The number of amides is 1. The van der Waals surface area contributed by atoms with Crippen LogP contribution in [0.5, 0.6) is 0 Å². The molecule has 5 heteroatoms. The molecule has 1 aliphatic rings. The molecule has 0 saturated carbocycles. The highest BCUT2D eigenvalue weighted by Gasteiger charge is 2.29. The highest BCUT2D eigenvalue weighted by molar-refractivity contribution is 5.92. The van der Waals surface area contributed by atoms with Gasteiger partial charge in [0.1, 0.15) is 5.69 Å². The number of hydrogen-bond acceptors (Lipinski definition) is 4. The number of anilines is 2. The summed E-state index contributed by atoms with van der Waals surface area (Å²) in [7, 11) is 0. The first-order valence-corrected chi connectivity index (χ1v) is 9.15. The van der Waals surface area contributed by atoms with E-state index in [2.05, 4.69) is 53.8 Å². The molecule has 0 radical (unpaired) electrons. The average Bonchev–Trinajstić information content (AvgIpc) is 2.96. The largest absolute Gasteiger partial charge is 0.337 e. The van der Waals surface area contributed by atoms with E-state index in [4.69, 9.17) is 0 Å². The summed E-state index contributed by atoms with van der Waals surface area (Å²) in [5, 5.41) is 0. The molecule has 1 aromatic carbocycles. The van der Waals surface area contributed by atoms with Gasteiger partial charge in [-0.3, -0.25) is 4.79 Å². The lowest BCUT2D eigenvalue weighted by Crippen LogP contribution is -2.34. The van der Waals surface area contributed by atoms with Crippen molar-refractivity contribution in [2.45, 2.75) is 46.1 Å². The van der Waals surface area contributed by atoms with Crippen LogP contribution >= 0.6 is 0 Å². The van der Waals surface area contributed by atoms with Gasteiger partial charge >= 0.3 is 0 Å². The van der Waals surface area contributed by atoms with Crippen molar-refractivity contribution in [3.05, 3.63) is 47.8 Å². The molecule has 0 bridgehead atoms. The second-order valence-corrected chi connectivity index (χ2v) is 6.59. The molecule has 0 saturated heterocycles. The summed E-state index contributed by atoms with van der Waals surface area (Å²) in [6, 6.07) is 10.3. The van der Waals surface area contributed by atoms with Gasteiger partial charge in [-0.05, 0) is 43.9 Å². The van der Waals surface area contributed by atoms with Crippen LogP contribution in [0.15, 0.2) is 36.5 Å². The molecule has 0 aliphatic carbocycles. The van der Waals surface area contributed by atoms with Gasteiger partial charge in [0, 0.05) is 31.0 Å². The number of benzene rings is 1. The molecule has 1 atom stereocenters. The summed E-state index contributed by atoms with van der Waals surface area (Å²) in [5.74, 6) is 0.601. The molecule has 0 N–H and O–H groups in total. The van der Waals surface area contributed by atoms with Crippen molar-refractivity contribution in [1.29, 1.82) is 0 Å². The lowest BCUT2D eigenvalue weighted by atomic mass is 10.1. The number of aromatic nitrogens is 2. The summed E-state index contributed by atoms with van der Waals surface area (Å²) < 4.78 is 0. The second kappa shape index (κ2) is 7.64. The Morgan fingerprint density at radius 1 is 1.20 bits per heavy atom. The van der Waals surface area contributed by atoms with Crippen molar-refractivity contribution in [1.82, 2.24) is 14.9 Å². The Balaban J connectivity index is 1.90. The minimum absolute atomic E-state index is 0.00696. The Labute approximate surface area is 149 Å². The number of nitrogens with zero attached hydrogens (tertiary/aromatic N) is 4. The maximum Gasteiger partial charge on any atom is 0.272 e. The van der Waals surface area contributed by atoms with Crippen LogP contribution in [0.1, 0.15) is 49.7 Å². The number of rotatable bonds is 6. The smallest absolute Gasteiger partial charge is 0.272 e. The molecular weight excluding hydrogens is 312 g/mol. The molecule has 1 amide bonds. The molecule has 25 heavy (non-hydrogen) atoms. The van der Waals surface area contributed by atoms with Crippen molar-refractivity contribution in [2.24, 2.45) is 0 Å². The van der Waals surface area contributed by atoms with Gasteiger partial charge in [-0.2, -0.15) is 0 Å². The van der Waals surface area contributed by atoms with Crippen LogP contribution < -0.4 is 4.90 Å². The highest BCUT2D eigenvalue weighted by Crippen LogP contribution is 2.36. The van der Waals surface area contributed by atoms with E-state index in [1.165, 1.54) is 5.56 Å². The van der Waals surface area contributed by atoms with Crippen molar-refractivity contribution in [3.63, 3.8) is 0 Å². The van der Waals surface area contributed by atoms with Crippen molar-refractivity contribution in [2.75, 3.05) is 18.0 Å². The molecule has 0 fully saturated rings. The van der Waals surface area contributed by atoms with Gasteiger partial charge in [-0.1, -0.05) is 32.0 Å². The first-order chi connectivity index (χ1) is 12.2. The zero-order valence-electron chi connectivity index (χ0n) is 15.3. The van der Waals surface area contributed by atoms with E-state index in [0.29, 0.717) is 11.6 Å². The fourth-order valence-electron chi connectivity index (χ4n) is 3.47. The quantitative estimate of drug-likeness (QED) is 0.803. The summed E-state index contributed by atoms with van der Waals surface area (Å²) in [4.78, 5) is 25.9. The van der Waals surface area contributed by atoms with Crippen LogP contribution in [0.25, 0.3) is 0 Å². The molecule has 1 aromatic heterocycles. The average molecular weight is 338 g/mol. The predicted molar refractivity (Wildman–Crippen MR) is 100 cm³/mol. The van der Waals surface area contributed by atoms with Crippen LogP contribution in [0.4, 0.5) is 11.6 Å². The fraction of sp³-hybridized carbons (Fsp3) is 0.450. The second-order valence-electron chi connectivity index (χ2n) is 6.59.